The Labute approximate surface area is 94.4 Å². The fraction of sp³-hybridized carbons (Fsp3) is 0.417. The summed E-state index contributed by atoms with van der Waals surface area (Å²) in [5.74, 6) is 0.534. The van der Waals surface area contributed by atoms with E-state index in [4.69, 9.17) is 4.74 Å². The molecule has 4 heteroatoms. The van der Waals surface area contributed by atoms with E-state index in [9.17, 15) is 9.90 Å². The number of benzene rings is 1. The van der Waals surface area contributed by atoms with Crippen LogP contribution in [0.2, 0.25) is 0 Å². The van der Waals surface area contributed by atoms with E-state index in [1.165, 1.54) is 4.90 Å². The highest BCUT2D eigenvalue weighted by Gasteiger charge is 2.20. The maximum Gasteiger partial charge on any atom is 0.414 e. The summed E-state index contributed by atoms with van der Waals surface area (Å²) in [5, 5.41) is 9.63. The Bertz CT molecular complexity index is 415. The fourth-order valence-corrected chi connectivity index (χ4v) is 1.83. The number of ether oxygens (including phenoxy) is 1. The predicted molar refractivity (Wildman–Crippen MR) is 59.4 cm³/mol. The molecule has 0 fully saturated rings. The first-order valence-corrected chi connectivity index (χ1v) is 5.28. The molecular formula is C12H15NO3. The molecule has 1 aromatic rings. The van der Waals surface area contributed by atoms with Crippen LogP contribution in [0.1, 0.15) is 23.7 Å². The zero-order valence-electron chi connectivity index (χ0n) is 9.43. The molecule has 0 radical (unpaired) electrons. The molecule has 86 valence electrons. The normalized spacial score (nSPS) is 18.1. The van der Waals surface area contributed by atoms with E-state index < -0.39 is 6.09 Å². The number of hydrogen-bond acceptors (Lipinski definition) is 3. The van der Waals surface area contributed by atoms with Crippen LogP contribution >= 0.6 is 0 Å². The van der Waals surface area contributed by atoms with E-state index in [0.717, 1.165) is 24.0 Å². The maximum absolute atomic E-state index is 11.3. The van der Waals surface area contributed by atoms with Crippen molar-refractivity contribution in [3.63, 3.8) is 0 Å². The third kappa shape index (κ3) is 2.02. The highest BCUT2D eigenvalue weighted by molar-refractivity contribution is 5.70. The third-order valence-electron chi connectivity index (χ3n) is 2.73. The van der Waals surface area contributed by atoms with Crippen molar-refractivity contribution in [1.29, 1.82) is 0 Å². The van der Waals surface area contributed by atoms with Crippen LogP contribution in [0.15, 0.2) is 18.2 Å². The fourth-order valence-electron chi connectivity index (χ4n) is 1.83. The van der Waals surface area contributed by atoms with E-state index >= 15 is 0 Å². The highest BCUT2D eigenvalue weighted by atomic mass is 16.6. The van der Waals surface area contributed by atoms with Crippen molar-refractivity contribution in [3.05, 3.63) is 29.3 Å². The SMILES string of the molecule is CN(C)C(=O)Oc1ccc2c(c1)CC[C@H]2O. The van der Waals surface area contributed by atoms with E-state index in [1.807, 2.05) is 12.1 Å². The monoisotopic (exact) mass is 221 g/mol. The van der Waals surface area contributed by atoms with Crippen molar-refractivity contribution in [2.75, 3.05) is 14.1 Å². The average Bonchev–Trinajstić information content (AvgIpc) is 2.60. The molecule has 1 aliphatic carbocycles. The van der Waals surface area contributed by atoms with Gasteiger partial charge in [-0.25, -0.2) is 4.79 Å². The lowest BCUT2D eigenvalue weighted by molar-refractivity contribution is 0.172. The molecule has 16 heavy (non-hydrogen) atoms. The van der Waals surface area contributed by atoms with Gasteiger partial charge >= 0.3 is 6.09 Å². The molecule has 0 unspecified atom stereocenters. The minimum Gasteiger partial charge on any atom is -0.410 e. The van der Waals surface area contributed by atoms with Gasteiger partial charge in [-0.05, 0) is 36.1 Å². The zero-order valence-corrected chi connectivity index (χ0v) is 9.43. The summed E-state index contributed by atoms with van der Waals surface area (Å²) in [5.41, 5.74) is 2.02. The van der Waals surface area contributed by atoms with Crippen molar-refractivity contribution < 1.29 is 14.6 Å². The number of carbonyl (C=O) groups excluding carboxylic acids is 1. The second-order valence-electron chi connectivity index (χ2n) is 4.18. The molecule has 0 saturated heterocycles. The second-order valence-corrected chi connectivity index (χ2v) is 4.18. The van der Waals surface area contributed by atoms with Crippen LogP contribution in [0.4, 0.5) is 4.79 Å². The molecule has 2 rings (SSSR count). The third-order valence-corrected chi connectivity index (χ3v) is 2.73. The Morgan fingerprint density at radius 1 is 1.50 bits per heavy atom. The van der Waals surface area contributed by atoms with Crippen molar-refractivity contribution >= 4 is 6.09 Å². The van der Waals surface area contributed by atoms with Gasteiger partial charge in [0.25, 0.3) is 0 Å². The quantitative estimate of drug-likeness (QED) is 0.785. The summed E-state index contributed by atoms with van der Waals surface area (Å²) >= 11 is 0. The van der Waals surface area contributed by atoms with Gasteiger partial charge < -0.3 is 14.7 Å². The summed E-state index contributed by atoms with van der Waals surface area (Å²) in [4.78, 5) is 12.7. The topological polar surface area (TPSA) is 49.8 Å². The summed E-state index contributed by atoms with van der Waals surface area (Å²) in [7, 11) is 3.28. The van der Waals surface area contributed by atoms with Gasteiger partial charge in [0.05, 0.1) is 6.10 Å². The summed E-state index contributed by atoms with van der Waals surface area (Å²) in [6.07, 6.45) is 0.830. The number of amides is 1. The highest BCUT2D eigenvalue weighted by Crippen LogP contribution is 2.33. The molecule has 0 aromatic heterocycles. The van der Waals surface area contributed by atoms with Crippen LogP contribution < -0.4 is 4.74 Å². The van der Waals surface area contributed by atoms with Crippen LogP contribution in [-0.4, -0.2) is 30.2 Å². The van der Waals surface area contributed by atoms with Gasteiger partial charge in [-0.3, -0.25) is 0 Å². The van der Waals surface area contributed by atoms with E-state index in [2.05, 4.69) is 0 Å². The minimum atomic E-state index is -0.390. The van der Waals surface area contributed by atoms with Crippen LogP contribution in [0.3, 0.4) is 0 Å². The number of fused-ring (bicyclic) bond motifs is 1. The number of rotatable bonds is 1. The van der Waals surface area contributed by atoms with Crippen molar-refractivity contribution in [2.24, 2.45) is 0 Å². The Morgan fingerprint density at radius 3 is 2.94 bits per heavy atom. The van der Waals surface area contributed by atoms with Crippen molar-refractivity contribution in [1.82, 2.24) is 4.90 Å². The summed E-state index contributed by atoms with van der Waals surface area (Å²) in [6.45, 7) is 0. The molecule has 1 aliphatic rings. The van der Waals surface area contributed by atoms with E-state index in [-0.39, 0.29) is 6.10 Å². The van der Waals surface area contributed by atoms with Gasteiger partial charge in [-0.1, -0.05) is 6.07 Å². The maximum atomic E-state index is 11.3. The van der Waals surface area contributed by atoms with Gasteiger partial charge in [-0.2, -0.15) is 0 Å². The van der Waals surface area contributed by atoms with Gasteiger partial charge in [0, 0.05) is 14.1 Å². The number of nitrogens with zero attached hydrogens (tertiary/aromatic N) is 1. The molecule has 0 heterocycles. The van der Waals surface area contributed by atoms with Crippen molar-refractivity contribution in [2.45, 2.75) is 18.9 Å². The summed E-state index contributed by atoms with van der Waals surface area (Å²) < 4.78 is 5.14. The molecule has 1 N–H and O–H groups in total. The first-order chi connectivity index (χ1) is 7.58. The molecule has 0 bridgehead atoms. The summed E-state index contributed by atoms with van der Waals surface area (Å²) in [6, 6.07) is 5.37. The molecule has 0 spiro atoms. The largest absolute Gasteiger partial charge is 0.414 e. The molecular weight excluding hydrogens is 206 g/mol. The Kier molecular flexibility index (Phi) is 2.83. The van der Waals surface area contributed by atoms with E-state index in [1.54, 1.807) is 20.2 Å². The number of hydrogen-bond donors (Lipinski definition) is 1. The van der Waals surface area contributed by atoms with Crippen LogP contribution in [0.5, 0.6) is 5.75 Å². The smallest absolute Gasteiger partial charge is 0.410 e. The van der Waals surface area contributed by atoms with Crippen LogP contribution in [0.25, 0.3) is 0 Å². The van der Waals surface area contributed by atoms with Crippen molar-refractivity contribution in [3.8, 4) is 5.75 Å². The van der Waals surface area contributed by atoms with Gasteiger partial charge in [0.1, 0.15) is 5.75 Å². The first-order valence-electron chi connectivity index (χ1n) is 5.28. The molecule has 1 atom stereocenters. The Hall–Kier alpha value is -1.55. The number of aliphatic hydroxyl groups is 1. The minimum absolute atomic E-state index is 0.367. The molecule has 4 nitrogen and oxygen atoms in total. The predicted octanol–water partition coefficient (Wildman–Crippen LogP) is 1.73. The van der Waals surface area contributed by atoms with Crippen LogP contribution in [0, 0.1) is 0 Å². The Morgan fingerprint density at radius 2 is 2.25 bits per heavy atom. The molecule has 1 aromatic carbocycles. The van der Waals surface area contributed by atoms with Gasteiger partial charge in [0.2, 0.25) is 0 Å². The van der Waals surface area contributed by atoms with E-state index in [0.29, 0.717) is 5.75 Å². The van der Waals surface area contributed by atoms with Gasteiger partial charge in [0.15, 0.2) is 0 Å². The standard InChI is InChI=1S/C12H15NO3/c1-13(2)12(15)16-9-4-5-10-8(7-9)3-6-11(10)14/h4-5,7,11,14H,3,6H2,1-2H3/t11-/m1/s1. The number of carbonyl (C=O) groups is 1. The molecule has 0 aliphatic heterocycles. The number of aryl methyl sites for hydroxylation is 1. The second kappa shape index (κ2) is 4.14. The lowest BCUT2D eigenvalue weighted by Crippen LogP contribution is -2.25. The lowest BCUT2D eigenvalue weighted by Gasteiger charge is -2.11. The average molecular weight is 221 g/mol. The molecule has 1 amide bonds. The zero-order chi connectivity index (χ0) is 11.7. The molecule has 0 saturated carbocycles. The number of aliphatic hydroxyl groups excluding tert-OH is 1. The first kappa shape index (κ1) is 11.0. The Balaban J connectivity index is 2.16. The van der Waals surface area contributed by atoms with Crippen LogP contribution in [-0.2, 0) is 6.42 Å². The van der Waals surface area contributed by atoms with Gasteiger partial charge in [-0.15, -0.1) is 0 Å². The lowest BCUT2D eigenvalue weighted by atomic mass is 10.1.